The van der Waals surface area contributed by atoms with E-state index in [-0.39, 0.29) is 5.91 Å². The predicted octanol–water partition coefficient (Wildman–Crippen LogP) is 8.36. The highest BCUT2D eigenvalue weighted by atomic mass is 32.1. The van der Waals surface area contributed by atoms with Crippen LogP contribution in [0, 0.1) is 0 Å². The van der Waals surface area contributed by atoms with Crippen LogP contribution in [0.25, 0.3) is 21.7 Å². The van der Waals surface area contributed by atoms with Crippen LogP contribution in [-0.4, -0.2) is 25.1 Å². The second kappa shape index (κ2) is 13.4. The van der Waals surface area contributed by atoms with Gasteiger partial charge in [0.15, 0.2) is 11.5 Å². The van der Waals surface area contributed by atoms with Crippen molar-refractivity contribution in [3.05, 3.63) is 94.3 Å². The first kappa shape index (κ1) is 27.7. The minimum Gasteiger partial charge on any atom is -0.493 e. The molecule has 0 bridgehead atoms. The Labute approximate surface area is 223 Å². The molecule has 0 spiro atoms. The Morgan fingerprint density at radius 2 is 1.57 bits per heavy atom. The Balaban J connectivity index is 0.000000907. The van der Waals surface area contributed by atoms with Gasteiger partial charge in [0.2, 0.25) is 0 Å². The summed E-state index contributed by atoms with van der Waals surface area (Å²) in [6.45, 7) is 8.00. The number of hydrogen-bond donors (Lipinski definition) is 1. The zero-order valence-electron chi connectivity index (χ0n) is 22.3. The highest BCUT2D eigenvalue weighted by Gasteiger charge is 2.11. The second-order valence-corrected chi connectivity index (χ2v) is 8.51. The lowest BCUT2D eigenvalue weighted by atomic mass is 9.98. The molecule has 6 heteroatoms. The number of rotatable bonds is 6. The Hall–Kier alpha value is -3.90. The lowest BCUT2D eigenvalue weighted by Crippen LogP contribution is -2.10. The van der Waals surface area contributed by atoms with Crippen LogP contribution >= 0.6 is 11.3 Å². The molecule has 37 heavy (non-hydrogen) atoms. The molecule has 0 saturated heterocycles. The quantitative estimate of drug-likeness (QED) is 0.247. The van der Waals surface area contributed by atoms with Crippen LogP contribution in [-0.2, 0) is 6.42 Å². The van der Waals surface area contributed by atoms with Crippen molar-refractivity contribution in [3.8, 4) is 11.5 Å². The van der Waals surface area contributed by atoms with Crippen LogP contribution in [0.4, 0.5) is 5.69 Å². The third-order valence-corrected chi connectivity index (χ3v) is 6.36. The number of thiophene rings is 1. The number of pyridine rings is 1. The highest BCUT2D eigenvalue weighted by molar-refractivity contribution is 7.08. The van der Waals surface area contributed by atoms with Crippen molar-refractivity contribution in [1.29, 1.82) is 0 Å². The van der Waals surface area contributed by atoms with E-state index in [1.54, 1.807) is 14.2 Å². The van der Waals surface area contributed by atoms with Crippen LogP contribution in [0.5, 0.6) is 11.5 Å². The van der Waals surface area contributed by atoms with E-state index in [1.807, 2.05) is 87.1 Å². The molecule has 0 aliphatic carbocycles. The number of methoxy groups -OCH3 is 2. The molecule has 0 saturated carbocycles. The Bertz CT molecular complexity index is 1460. The van der Waals surface area contributed by atoms with E-state index in [1.165, 1.54) is 22.5 Å². The molecule has 1 amide bonds. The highest BCUT2D eigenvalue weighted by Crippen LogP contribution is 2.33. The van der Waals surface area contributed by atoms with Gasteiger partial charge < -0.3 is 14.8 Å². The minimum absolute atomic E-state index is 0.0937. The number of benzene rings is 3. The van der Waals surface area contributed by atoms with Crippen molar-refractivity contribution in [3.63, 3.8) is 0 Å². The van der Waals surface area contributed by atoms with Crippen molar-refractivity contribution < 1.29 is 14.3 Å². The number of amides is 1. The number of aromatic nitrogens is 1. The predicted molar refractivity (Wildman–Crippen MR) is 157 cm³/mol. The van der Waals surface area contributed by atoms with Crippen molar-refractivity contribution >= 4 is 44.6 Å². The maximum atomic E-state index is 12.3. The van der Waals surface area contributed by atoms with Crippen LogP contribution in [0.3, 0.4) is 0 Å². The zero-order chi connectivity index (χ0) is 26.8. The third kappa shape index (κ3) is 6.46. The average molecular weight is 515 g/mol. The summed E-state index contributed by atoms with van der Waals surface area (Å²) >= 11 is 1.51. The molecule has 5 nitrogen and oxygen atoms in total. The molecule has 3 aromatic carbocycles. The molecule has 0 aliphatic rings. The number of hydrogen-bond acceptors (Lipinski definition) is 5. The molecule has 5 aromatic rings. The number of nitrogens with zero attached hydrogens (tertiary/aromatic N) is 1. The van der Waals surface area contributed by atoms with Gasteiger partial charge in [0.25, 0.3) is 5.91 Å². The summed E-state index contributed by atoms with van der Waals surface area (Å²) in [5, 5.41) is 9.96. The summed E-state index contributed by atoms with van der Waals surface area (Å²) in [5.74, 6) is 1.26. The first-order valence-electron chi connectivity index (χ1n) is 12.5. The van der Waals surface area contributed by atoms with Gasteiger partial charge in [-0.05, 0) is 64.0 Å². The molecule has 5 rings (SSSR count). The number of carbonyl (C=O) groups is 1. The van der Waals surface area contributed by atoms with Gasteiger partial charge in [0.1, 0.15) is 0 Å². The maximum Gasteiger partial charge on any atom is 0.256 e. The van der Waals surface area contributed by atoms with Crippen molar-refractivity contribution in [1.82, 2.24) is 4.98 Å². The van der Waals surface area contributed by atoms with Crippen molar-refractivity contribution in [2.75, 3.05) is 19.5 Å². The van der Waals surface area contributed by atoms with Crippen LogP contribution in [0.1, 0.15) is 49.2 Å². The molecule has 2 heterocycles. The van der Waals surface area contributed by atoms with E-state index in [9.17, 15) is 4.79 Å². The third-order valence-electron chi connectivity index (χ3n) is 5.68. The van der Waals surface area contributed by atoms with Gasteiger partial charge in [-0.1, -0.05) is 52.0 Å². The Kier molecular flexibility index (Phi) is 10.0. The lowest BCUT2D eigenvalue weighted by Gasteiger charge is -2.12. The van der Waals surface area contributed by atoms with Gasteiger partial charge >= 0.3 is 0 Å². The number of fused-ring (bicyclic) bond motifs is 2. The second-order valence-electron chi connectivity index (χ2n) is 7.73. The smallest absolute Gasteiger partial charge is 0.256 e. The largest absolute Gasteiger partial charge is 0.493 e. The molecular formula is C31H34N2O3S. The monoisotopic (exact) mass is 514 g/mol. The SMILES string of the molecule is CC.CC.COc1cc2nccc(Cc3ccc4cc(NC(=O)c5ccsc5)ccc4c3)c2cc1OC. The number of anilines is 1. The van der Waals surface area contributed by atoms with Crippen molar-refractivity contribution in [2.24, 2.45) is 0 Å². The normalized spacial score (nSPS) is 10.1. The Morgan fingerprint density at radius 3 is 2.27 bits per heavy atom. The van der Waals surface area contributed by atoms with E-state index in [2.05, 4.69) is 28.5 Å². The van der Waals surface area contributed by atoms with Crippen LogP contribution < -0.4 is 14.8 Å². The fourth-order valence-electron chi connectivity index (χ4n) is 3.98. The summed E-state index contributed by atoms with van der Waals surface area (Å²) < 4.78 is 10.9. The summed E-state index contributed by atoms with van der Waals surface area (Å²) in [7, 11) is 3.27. The molecule has 0 fully saturated rings. The van der Waals surface area contributed by atoms with E-state index in [0.29, 0.717) is 17.1 Å². The number of ether oxygens (including phenoxy) is 2. The minimum atomic E-state index is -0.0937. The van der Waals surface area contributed by atoms with Gasteiger partial charge in [-0.15, -0.1) is 0 Å². The Morgan fingerprint density at radius 1 is 0.865 bits per heavy atom. The molecule has 1 N–H and O–H groups in total. The first-order valence-corrected chi connectivity index (χ1v) is 13.4. The lowest BCUT2D eigenvalue weighted by molar-refractivity contribution is 0.102. The molecular weight excluding hydrogens is 480 g/mol. The summed E-state index contributed by atoms with van der Waals surface area (Å²) in [4.78, 5) is 16.8. The molecule has 0 unspecified atom stereocenters. The van der Waals surface area contributed by atoms with E-state index in [0.717, 1.165) is 33.8 Å². The van der Waals surface area contributed by atoms with Gasteiger partial charge in [-0.3, -0.25) is 9.78 Å². The molecule has 2 aromatic heterocycles. The average Bonchev–Trinajstić information content (AvgIpc) is 3.50. The zero-order valence-corrected chi connectivity index (χ0v) is 23.1. The first-order chi connectivity index (χ1) is 18.1. The van der Waals surface area contributed by atoms with Gasteiger partial charge in [0, 0.05) is 28.7 Å². The maximum absolute atomic E-state index is 12.3. The molecule has 0 aliphatic heterocycles. The van der Waals surface area contributed by atoms with Gasteiger partial charge in [-0.25, -0.2) is 0 Å². The molecule has 0 atom stereocenters. The number of carbonyl (C=O) groups excluding carboxylic acids is 1. The van der Waals surface area contributed by atoms with E-state index >= 15 is 0 Å². The van der Waals surface area contributed by atoms with E-state index < -0.39 is 0 Å². The van der Waals surface area contributed by atoms with Gasteiger partial charge in [-0.2, -0.15) is 11.3 Å². The number of nitrogens with one attached hydrogen (secondary N) is 1. The van der Waals surface area contributed by atoms with Crippen LogP contribution in [0.15, 0.2) is 77.6 Å². The molecule has 192 valence electrons. The van der Waals surface area contributed by atoms with Crippen LogP contribution in [0.2, 0.25) is 0 Å². The fraction of sp³-hybridized carbons (Fsp3) is 0.226. The summed E-state index contributed by atoms with van der Waals surface area (Å²) in [6.07, 6.45) is 2.59. The topological polar surface area (TPSA) is 60.5 Å². The summed E-state index contributed by atoms with van der Waals surface area (Å²) in [6, 6.07) is 20.1. The van der Waals surface area contributed by atoms with E-state index in [4.69, 9.17) is 9.47 Å². The van der Waals surface area contributed by atoms with Gasteiger partial charge in [0.05, 0.1) is 25.3 Å². The molecule has 0 radical (unpaired) electrons. The standard InChI is InChI=1S/C27H22N2O3S.2C2H6/c1-31-25-14-23-20(7-9-28-24(23)15-26(25)32-2)12-17-3-4-19-13-22(6-5-18(19)11-17)29-27(30)21-8-10-33-16-21;2*1-2/h3-11,13-16H,12H2,1-2H3,(H,29,30);2*1-2H3. The summed E-state index contributed by atoms with van der Waals surface area (Å²) in [5.41, 5.74) is 4.69. The fourth-order valence-corrected chi connectivity index (χ4v) is 4.62. The van der Waals surface area contributed by atoms with Crippen molar-refractivity contribution in [2.45, 2.75) is 34.1 Å².